The molecule has 1 unspecified atom stereocenters. The van der Waals surface area contributed by atoms with E-state index in [2.05, 4.69) is 11.9 Å². The number of carbonyl (C=O) groups is 3. The number of carboxylic acids is 1. The smallest absolute Gasteiger partial charge is 0.408 e. The maximum absolute atomic E-state index is 13.3. The number of carbonyl (C=O) groups excluding carboxylic acids is 2. The number of ether oxygens (including phenoxy) is 2. The van der Waals surface area contributed by atoms with Crippen molar-refractivity contribution in [2.75, 3.05) is 33.4 Å². The SMILES string of the molecule is C=CCN(CC(=O)O)C(=O)C(CC)(COC)NC(=O)OCC1c2ccccc2-c2ccccc21. The highest BCUT2D eigenvalue weighted by molar-refractivity contribution is 5.92. The highest BCUT2D eigenvalue weighted by Gasteiger charge is 2.42. The molecule has 8 heteroatoms. The first-order valence-electron chi connectivity index (χ1n) is 11.1. The monoisotopic (exact) mass is 466 g/mol. The van der Waals surface area contributed by atoms with Gasteiger partial charge in [0.1, 0.15) is 18.7 Å². The van der Waals surface area contributed by atoms with E-state index < -0.39 is 30.1 Å². The minimum Gasteiger partial charge on any atom is -0.480 e. The second kappa shape index (κ2) is 11.0. The molecule has 2 N–H and O–H groups in total. The molecule has 1 aliphatic rings. The second-order valence-corrected chi connectivity index (χ2v) is 8.19. The molecule has 0 fully saturated rings. The predicted octanol–water partition coefficient (Wildman–Crippen LogP) is 3.42. The van der Waals surface area contributed by atoms with Crippen LogP contribution in [-0.2, 0) is 19.1 Å². The topological polar surface area (TPSA) is 105 Å². The minimum absolute atomic E-state index is 0.0168. The van der Waals surface area contributed by atoms with Gasteiger partial charge in [0, 0.05) is 19.6 Å². The summed E-state index contributed by atoms with van der Waals surface area (Å²) in [6.45, 7) is 4.74. The number of fused-ring (bicyclic) bond motifs is 3. The summed E-state index contributed by atoms with van der Waals surface area (Å²) in [4.78, 5) is 38.6. The van der Waals surface area contributed by atoms with E-state index in [0.29, 0.717) is 0 Å². The van der Waals surface area contributed by atoms with Crippen LogP contribution in [0.15, 0.2) is 61.2 Å². The van der Waals surface area contributed by atoms with Crippen molar-refractivity contribution in [1.82, 2.24) is 10.2 Å². The van der Waals surface area contributed by atoms with E-state index in [0.717, 1.165) is 27.2 Å². The quantitative estimate of drug-likeness (QED) is 0.492. The molecule has 2 amide bonds. The molecule has 0 aliphatic heterocycles. The maximum Gasteiger partial charge on any atom is 0.408 e. The van der Waals surface area contributed by atoms with Gasteiger partial charge in [0.2, 0.25) is 0 Å². The summed E-state index contributed by atoms with van der Waals surface area (Å²) in [5.41, 5.74) is 2.89. The molecule has 0 bridgehead atoms. The van der Waals surface area contributed by atoms with Gasteiger partial charge < -0.3 is 24.8 Å². The Bertz CT molecular complexity index is 1020. The van der Waals surface area contributed by atoms with Gasteiger partial charge in [-0.1, -0.05) is 61.5 Å². The average Bonchev–Trinajstić information content (AvgIpc) is 3.15. The lowest BCUT2D eigenvalue weighted by molar-refractivity contribution is -0.148. The Morgan fingerprint density at radius 1 is 1.12 bits per heavy atom. The zero-order chi connectivity index (χ0) is 24.7. The second-order valence-electron chi connectivity index (χ2n) is 8.19. The molecule has 0 radical (unpaired) electrons. The van der Waals surface area contributed by atoms with E-state index in [1.165, 1.54) is 13.2 Å². The molecule has 34 heavy (non-hydrogen) atoms. The van der Waals surface area contributed by atoms with Gasteiger partial charge in [-0.2, -0.15) is 0 Å². The molecule has 0 saturated carbocycles. The lowest BCUT2D eigenvalue weighted by Gasteiger charge is -2.35. The number of benzene rings is 2. The van der Waals surface area contributed by atoms with Crippen LogP contribution in [0.5, 0.6) is 0 Å². The van der Waals surface area contributed by atoms with Crippen LogP contribution < -0.4 is 5.32 Å². The zero-order valence-corrected chi connectivity index (χ0v) is 19.5. The van der Waals surface area contributed by atoms with Crippen molar-refractivity contribution in [3.8, 4) is 11.1 Å². The number of amides is 2. The fourth-order valence-electron chi connectivity index (χ4n) is 4.41. The van der Waals surface area contributed by atoms with Crippen molar-refractivity contribution in [2.45, 2.75) is 24.8 Å². The third kappa shape index (κ3) is 5.12. The minimum atomic E-state index is -1.48. The number of nitrogens with zero attached hydrogens (tertiary/aromatic N) is 1. The van der Waals surface area contributed by atoms with Crippen LogP contribution >= 0.6 is 0 Å². The summed E-state index contributed by atoms with van der Waals surface area (Å²) in [5.74, 6) is -1.87. The molecule has 0 saturated heterocycles. The predicted molar refractivity (Wildman–Crippen MR) is 128 cm³/mol. The van der Waals surface area contributed by atoms with Crippen molar-refractivity contribution < 1.29 is 29.0 Å². The zero-order valence-electron chi connectivity index (χ0n) is 19.5. The molecule has 180 valence electrons. The largest absolute Gasteiger partial charge is 0.480 e. The summed E-state index contributed by atoms with van der Waals surface area (Å²) in [6, 6.07) is 16.0. The van der Waals surface area contributed by atoms with E-state index in [1.54, 1.807) is 6.92 Å². The van der Waals surface area contributed by atoms with Crippen LogP contribution in [0.4, 0.5) is 4.79 Å². The first kappa shape index (κ1) is 25.0. The fourth-order valence-corrected chi connectivity index (χ4v) is 4.41. The number of hydrogen-bond donors (Lipinski definition) is 2. The molecule has 8 nitrogen and oxygen atoms in total. The van der Waals surface area contributed by atoms with E-state index in [-0.39, 0.29) is 32.1 Å². The molecular formula is C26H30N2O6. The third-order valence-electron chi connectivity index (χ3n) is 6.05. The number of nitrogens with one attached hydrogen (secondary N) is 1. The summed E-state index contributed by atoms with van der Waals surface area (Å²) in [5, 5.41) is 11.9. The van der Waals surface area contributed by atoms with Crippen molar-refractivity contribution in [3.63, 3.8) is 0 Å². The van der Waals surface area contributed by atoms with Gasteiger partial charge in [-0.3, -0.25) is 9.59 Å². The molecule has 3 rings (SSSR count). The van der Waals surface area contributed by atoms with Crippen molar-refractivity contribution in [1.29, 1.82) is 0 Å². The fraction of sp³-hybridized carbons (Fsp3) is 0.346. The number of hydrogen-bond acceptors (Lipinski definition) is 5. The summed E-state index contributed by atoms with van der Waals surface area (Å²) >= 11 is 0. The van der Waals surface area contributed by atoms with Crippen LogP contribution in [0.1, 0.15) is 30.4 Å². The summed E-state index contributed by atoms with van der Waals surface area (Å²) < 4.78 is 10.8. The molecule has 2 aromatic rings. The van der Waals surface area contributed by atoms with Gasteiger partial charge in [-0.25, -0.2) is 4.79 Å². The number of carboxylic acid groups (broad SMARTS) is 1. The Morgan fingerprint density at radius 2 is 1.71 bits per heavy atom. The Hall–Kier alpha value is -3.65. The molecule has 2 aromatic carbocycles. The standard InChI is InChI=1S/C26H30N2O6/c1-4-14-28(15-23(29)30)24(31)26(5-2,17-33-3)27-25(32)34-16-22-20-12-8-6-10-18(20)19-11-7-9-13-21(19)22/h4,6-13,22H,1,5,14-17H2,2-3H3,(H,27,32)(H,29,30). The number of alkyl carbamates (subject to hydrolysis) is 1. The lowest BCUT2D eigenvalue weighted by Crippen LogP contribution is -2.62. The number of rotatable bonds is 11. The maximum atomic E-state index is 13.3. The number of methoxy groups -OCH3 is 1. The van der Waals surface area contributed by atoms with Gasteiger partial charge in [0.15, 0.2) is 0 Å². The van der Waals surface area contributed by atoms with Crippen LogP contribution in [0, 0.1) is 0 Å². The van der Waals surface area contributed by atoms with Crippen molar-refractivity contribution >= 4 is 18.0 Å². The van der Waals surface area contributed by atoms with Crippen LogP contribution in [0.3, 0.4) is 0 Å². The van der Waals surface area contributed by atoms with Gasteiger partial charge in [0.25, 0.3) is 5.91 Å². The molecule has 0 heterocycles. The van der Waals surface area contributed by atoms with E-state index >= 15 is 0 Å². The van der Waals surface area contributed by atoms with Crippen molar-refractivity contribution in [3.05, 3.63) is 72.3 Å². The Kier molecular flexibility index (Phi) is 8.07. The molecule has 1 atom stereocenters. The van der Waals surface area contributed by atoms with E-state index in [1.807, 2.05) is 48.5 Å². The third-order valence-corrected chi connectivity index (χ3v) is 6.05. The first-order valence-corrected chi connectivity index (χ1v) is 11.1. The van der Waals surface area contributed by atoms with Gasteiger partial charge >= 0.3 is 12.1 Å². The molecule has 0 spiro atoms. The van der Waals surface area contributed by atoms with Crippen LogP contribution in [0.25, 0.3) is 11.1 Å². The average molecular weight is 467 g/mol. The summed E-state index contributed by atoms with van der Waals surface area (Å²) in [7, 11) is 1.41. The van der Waals surface area contributed by atoms with Crippen molar-refractivity contribution in [2.24, 2.45) is 0 Å². The Morgan fingerprint density at radius 3 is 2.21 bits per heavy atom. The highest BCUT2D eigenvalue weighted by atomic mass is 16.5. The Labute approximate surface area is 199 Å². The van der Waals surface area contributed by atoms with Gasteiger partial charge in [-0.05, 0) is 28.7 Å². The first-order chi connectivity index (χ1) is 16.4. The normalized spacial score (nSPS) is 13.8. The van der Waals surface area contributed by atoms with Gasteiger partial charge in [-0.15, -0.1) is 6.58 Å². The van der Waals surface area contributed by atoms with E-state index in [4.69, 9.17) is 9.47 Å². The van der Waals surface area contributed by atoms with Crippen LogP contribution in [0.2, 0.25) is 0 Å². The van der Waals surface area contributed by atoms with Crippen LogP contribution in [-0.4, -0.2) is 66.9 Å². The molecule has 1 aliphatic carbocycles. The van der Waals surface area contributed by atoms with E-state index in [9.17, 15) is 19.5 Å². The summed E-state index contributed by atoms with van der Waals surface area (Å²) in [6.07, 6.45) is 0.835. The Balaban J connectivity index is 1.77. The molecular weight excluding hydrogens is 436 g/mol. The van der Waals surface area contributed by atoms with Gasteiger partial charge in [0.05, 0.1) is 6.61 Å². The lowest BCUT2D eigenvalue weighted by atomic mass is 9.95. The number of aliphatic carboxylic acids is 1. The molecule has 0 aromatic heterocycles. The highest BCUT2D eigenvalue weighted by Crippen LogP contribution is 2.44.